The van der Waals surface area contributed by atoms with Gasteiger partial charge >= 0.3 is 0 Å². The van der Waals surface area contributed by atoms with Crippen molar-refractivity contribution >= 4 is 11.6 Å². The van der Waals surface area contributed by atoms with Crippen molar-refractivity contribution in [1.82, 2.24) is 25.5 Å². The van der Waals surface area contributed by atoms with Gasteiger partial charge in [-0.05, 0) is 13.0 Å². The molecule has 1 atom stereocenters. The Morgan fingerprint density at radius 2 is 2.41 bits per heavy atom. The maximum Gasteiger partial charge on any atom is 0.254 e. The topological polar surface area (TPSA) is 110 Å². The number of aromatic nitrogens is 4. The average molecular weight is 232 g/mol. The first kappa shape index (κ1) is 11.1. The molecule has 4 N–H and O–H groups in total. The van der Waals surface area contributed by atoms with E-state index in [1.54, 1.807) is 13.0 Å². The van der Waals surface area contributed by atoms with E-state index in [2.05, 4.69) is 25.5 Å². The van der Waals surface area contributed by atoms with Crippen molar-refractivity contribution < 1.29 is 4.79 Å². The molecule has 0 bridgehead atoms. The number of nitrogen functional groups attached to an aromatic ring is 1. The number of anilines is 1. The van der Waals surface area contributed by atoms with Crippen molar-refractivity contribution in [2.75, 3.05) is 5.73 Å². The first-order valence-electron chi connectivity index (χ1n) is 5.04. The maximum atomic E-state index is 11.9. The van der Waals surface area contributed by atoms with Crippen molar-refractivity contribution in [1.29, 1.82) is 0 Å². The van der Waals surface area contributed by atoms with Crippen LogP contribution in [0.15, 0.2) is 24.8 Å². The second-order valence-corrected chi connectivity index (χ2v) is 3.53. The fraction of sp³-hybridized carbons (Fsp3) is 0.200. The molecule has 2 heterocycles. The summed E-state index contributed by atoms with van der Waals surface area (Å²) in [5, 5.41) is 9.17. The highest BCUT2D eigenvalue weighted by Crippen LogP contribution is 2.11. The molecule has 0 spiro atoms. The van der Waals surface area contributed by atoms with Gasteiger partial charge in [0, 0.05) is 6.20 Å². The van der Waals surface area contributed by atoms with Gasteiger partial charge in [-0.1, -0.05) is 0 Å². The van der Waals surface area contributed by atoms with E-state index in [1.807, 2.05) is 0 Å². The maximum absolute atomic E-state index is 11.9. The highest BCUT2D eigenvalue weighted by molar-refractivity contribution is 5.98. The Morgan fingerprint density at radius 1 is 1.59 bits per heavy atom. The van der Waals surface area contributed by atoms with Gasteiger partial charge in [-0.3, -0.25) is 14.9 Å². The largest absolute Gasteiger partial charge is 0.397 e. The highest BCUT2D eigenvalue weighted by atomic mass is 16.1. The number of amides is 1. The Bertz CT molecular complexity index is 509. The van der Waals surface area contributed by atoms with Gasteiger partial charge in [0.05, 0.1) is 23.5 Å². The second kappa shape index (κ2) is 4.60. The summed E-state index contributed by atoms with van der Waals surface area (Å²) < 4.78 is 0. The molecule has 0 saturated carbocycles. The van der Waals surface area contributed by atoms with Gasteiger partial charge in [-0.15, -0.1) is 0 Å². The average Bonchev–Trinajstić information content (AvgIpc) is 2.82. The third-order valence-electron chi connectivity index (χ3n) is 2.29. The van der Waals surface area contributed by atoms with Crippen LogP contribution >= 0.6 is 0 Å². The number of nitrogens with two attached hydrogens (primary N) is 1. The molecule has 0 fully saturated rings. The molecule has 0 saturated heterocycles. The fourth-order valence-corrected chi connectivity index (χ4v) is 1.38. The summed E-state index contributed by atoms with van der Waals surface area (Å²) in [4.78, 5) is 19.7. The lowest BCUT2D eigenvalue weighted by Crippen LogP contribution is -2.28. The summed E-state index contributed by atoms with van der Waals surface area (Å²) in [7, 11) is 0. The molecule has 2 rings (SSSR count). The Morgan fingerprint density at radius 3 is 3.06 bits per heavy atom. The zero-order chi connectivity index (χ0) is 12.3. The molecule has 88 valence electrons. The molecule has 1 amide bonds. The van der Waals surface area contributed by atoms with E-state index in [1.165, 1.54) is 18.7 Å². The van der Waals surface area contributed by atoms with Gasteiger partial charge in [0.1, 0.15) is 12.2 Å². The van der Waals surface area contributed by atoms with Crippen LogP contribution in [0, 0.1) is 0 Å². The van der Waals surface area contributed by atoms with Gasteiger partial charge < -0.3 is 11.1 Å². The van der Waals surface area contributed by atoms with Gasteiger partial charge in [-0.25, -0.2) is 4.98 Å². The van der Waals surface area contributed by atoms with E-state index in [-0.39, 0.29) is 11.9 Å². The molecule has 7 nitrogen and oxygen atoms in total. The molecule has 0 aliphatic rings. The minimum absolute atomic E-state index is 0.266. The monoisotopic (exact) mass is 232 g/mol. The Labute approximate surface area is 97.5 Å². The number of hydrogen-bond acceptors (Lipinski definition) is 5. The van der Waals surface area contributed by atoms with Crippen LogP contribution < -0.4 is 11.1 Å². The molecule has 7 heteroatoms. The molecule has 0 aliphatic heterocycles. The summed E-state index contributed by atoms with van der Waals surface area (Å²) in [5.74, 6) is 0.319. The predicted octanol–water partition coefficient (Wildman–Crippen LogP) is 0.273. The van der Waals surface area contributed by atoms with Gasteiger partial charge in [0.2, 0.25) is 0 Å². The number of rotatable bonds is 3. The SMILES string of the molecule is CC(NC(=O)c1ccncc1N)c1ncn[nH]1. The van der Waals surface area contributed by atoms with Crippen LogP contribution in [-0.2, 0) is 0 Å². The number of carbonyl (C=O) groups is 1. The summed E-state index contributed by atoms with van der Waals surface area (Å²) in [6, 6.07) is 1.30. The van der Waals surface area contributed by atoms with Crippen LogP contribution in [0.2, 0.25) is 0 Å². The third-order valence-corrected chi connectivity index (χ3v) is 2.29. The normalized spacial score (nSPS) is 12.1. The number of nitrogens with one attached hydrogen (secondary N) is 2. The van der Waals surface area contributed by atoms with Crippen LogP contribution in [-0.4, -0.2) is 26.1 Å². The molecule has 2 aromatic heterocycles. The van der Waals surface area contributed by atoms with Crippen molar-refractivity contribution in [3.8, 4) is 0 Å². The Kier molecular flexibility index (Phi) is 2.99. The van der Waals surface area contributed by atoms with E-state index in [0.717, 1.165) is 0 Å². The van der Waals surface area contributed by atoms with Crippen LogP contribution in [0.1, 0.15) is 29.1 Å². The van der Waals surface area contributed by atoms with Gasteiger partial charge in [0.15, 0.2) is 0 Å². The molecule has 0 radical (unpaired) electrons. The smallest absolute Gasteiger partial charge is 0.254 e. The molecular weight excluding hydrogens is 220 g/mol. The Balaban J connectivity index is 2.10. The minimum atomic E-state index is -0.270. The molecular formula is C10H12N6O. The zero-order valence-electron chi connectivity index (χ0n) is 9.21. The lowest BCUT2D eigenvalue weighted by Gasteiger charge is -2.11. The third kappa shape index (κ3) is 2.39. The number of aromatic amines is 1. The molecule has 0 aromatic carbocycles. The van der Waals surface area contributed by atoms with Crippen LogP contribution in [0.25, 0.3) is 0 Å². The number of carbonyl (C=O) groups excluding carboxylic acids is 1. The zero-order valence-corrected chi connectivity index (χ0v) is 9.21. The van der Waals surface area contributed by atoms with E-state index in [0.29, 0.717) is 17.1 Å². The number of H-pyrrole nitrogens is 1. The highest BCUT2D eigenvalue weighted by Gasteiger charge is 2.15. The standard InChI is InChI=1S/C10H12N6O/c1-6(9-13-5-14-16-9)15-10(17)7-2-3-12-4-8(7)11/h2-6H,11H2,1H3,(H,15,17)(H,13,14,16). The Hall–Kier alpha value is -2.44. The number of nitrogens with zero attached hydrogens (tertiary/aromatic N) is 3. The summed E-state index contributed by atoms with van der Waals surface area (Å²) >= 11 is 0. The summed E-state index contributed by atoms with van der Waals surface area (Å²) in [5.41, 5.74) is 6.39. The van der Waals surface area contributed by atoms with E-state index in [4.69, 9.17) is 5.73 Å². The second-order valence-electron chi connectivity index (χ2n) is 3.53. The first-order chi connectivity index (χ1) is 8.18. The van der Waals surface area contributed by atoms with Crippen LogP contribution in [0.3, 0.4) is 0 Å². The summed E-state index contributed by atoms with van der Waals surface area (Å²) in [6.07, 6.45) is 4.34. The van der Waals surface area contributed by atoms with Gasteiger partial charge in [0.25, 0.3) is 5.91 Å². The molecule has 2 aromatic rings. The van der Waals surface area contributed by atoms with Crippen LogP contribution in [0.4, 0.5) is 5.69 Å². The quantitative estimate of drug-likeness (QED) is 0.703. The van der Waals surface area contributed by atoms with E-state index in [9.17, 15) is 4.79 Å². The number of pyridine rings is 1. The fourth-order valence-electron chi connectivity index (χ4n) is 1.38. The number of hydrogen-bond donors (Lipinski definition) is 3. The van der Waals surface area contributed by atoms with E-state index < -0.39 is 0 Å². The van der Waals surface area contributed by atoms with Crippen molar-refractivity contribution in [2.24, 2.45) is 0 Å². The molecule has 17 heavy (non-hydrogen) atoms. The predicted molar refractivity (Wildman–Crippen MR) is 60.9 cm³/mol. The first-order valence-corrected chi connectivity index (χ1v) is 5.04. The summed E-state index contributed by atoms with van der Waals surface area (Å²) in [6.45, 7) is 1.80. The molecule has 0 aliphatic carbocycles. The lowest BCUT2D eigenvalue weighted by atomic mass is 10.2. The lowest BCUT2D eigenvalue weighted by molar-refractivity contribution is 0.0939. The van der Waals surface area contributed by atoms with Gasteiger partial charge in [-0.2, -0.15) is 5.10 Å². The molecule has 1 unspecified atom stereocenters. The van der Waals surface area contributed by atoms with Crippen LogP contribution in [0.5, 0.6) is 0 Å². The van der Waals surface area contributed by atoms with Crippen molar-refractivity contribution in [2.45, 2.75) is 13.0 Å². The minimum Gasteiger partial charge on any atom is -0.397 e. The van der Waals surface area contributed by atoms with Crippen molar-refractivity contribution in [3.63, 3.8) is 0 Å². The van der Waals surface area contributed by atoms with E-state index >= 15 is 0 Å². The van der Waals surface area contributed by atoms with Crippen molar-refractivity contribution in [3.05, 3.63) is 36.2 Å².